The summed E-state index contributed by atoms with van der Waals surface area (Å²) in [7, 11) is 0. The van der Waals surface area contributed by atoms with Gasteiger partial charge in [-0.05, 0) is 19.9 Å². The summed E-state index contributed by atoms with van der Waals surface area (Å²) in [5.74, 6) is 1.33. The minimum atomic E-state index is -0.402. The smallest absolute Gasteiger partial charge is 0.218 e. The van der Waals surface area contributed by atoms with Crippen LogP contribution in [-0.2, 0) is 6.54 Å². The number of hydrogen-bond donors (Lipinski definition) is 1. The van der Waals surface area contributed by atoms with Crippen LogP contribution in [0.5, 0.6) is 11.6 Å². The summed E-state index contributed by atoms with van der Waals surface area (Å²) >= 11 is 0. The second-order valence-corrected chi connectivity index (χ2v) is 7.77. The molecule has 2 atom stereocenters. The largest absolute Gasteiger partial charge is 0.488 e. The van der Waals surface area contributed by atoms with Crippen molar-refractivity contribution in [3.63, 3.8) is 0 Å². The van der Waals surface area contributed by atoms with Gasteiger partial charge in [0.1, 0.15) is 11.9 Å². The van der Waals surface area contributed by atoms with Crippen molar-refractivity contribution in [2.24, 2.45) is 0 Å². The van der Waals surface area contributed by atoms with E-state index >= 15 is 0 Å². The van der Waals surface area contributed by atoms with Gasteiger partial charge >= 0.3 is 0 Å². The van der Waals surface area contributed by atoms with E-state index in [1.165, 1.54) is 12.3 Å². The van der Waals surface area contributed by atoms with E-state index in [1.807, 2.05) is 13.1 Å². The maximum Gasteiger partial charge on any atom is 0.218 e. The molecule has 0 unspecified atom stereocenters. The van der Waals surface area contributed by atoms with Crippen molar-refractivity contribution in [3.05, 3.63) is 48.2 Å². The summed E-state index contributed by atoms with van der Waals surface area (Å²) in [4.78, 5) is 11.2. The van der Waals surface area contributed by atoms with Crippen molar-refractivity contribution in [1.82, 2.24) is 24.9 Å². The van der Waals surface area contributed by atoms with E-state index in [0.29, 0.717) is 54.1 Å². The Morgan fingerprint density at radius 1 is 1.30 bits per heavy atom. The summed E-state index contributed by atoms with van der Waals surface area (Å²) in [5.41, 5.74) is 2.85. The fraction of sp³-hybridized carbons (Fsp3) is 0.381. The number of aromatic nitrogens is 4. The van der Waals surface area contributed by atoms with Crippen LogP contribution >= 0.6 is 0 Å². The predicted octanol–water partition coefficient (Wildman–Crippen LogP) is 2.78. The van der Waals surface area contributed by atoms with Gasteiger partial charge in [0.2, 0.25) is 5.88 Å². The Kier molecular flexibility index (Phi) is 4.45. The predicted molar refractivity (Wildman–Crippen MR) is 110 cm³/mol. The number of pyridine rings is 1. The highest BCUT2D eigenvalue weighted by Gasteiger charge is 2.28. The van der Waals surface area contributed by atoms with Crippen molar-refractivity contribution in [1.29, 1.82) is 0 Å². The standard InChI is InChI=1S/C21H23FN6O2/c1-12-4-5-29-18-11-28-19-17(9-25-28)14(3)23-7-13(2)30-21-15(6-16(22)8-24-21)10-27(12)20(18)26-19/h6,8-9,11-13,23H,3-5,7,10H2,1-2H3/t12-,13+/m1/s1. The zero-order valence-corrected chi connectivity index (χ0v) is 16.9. The lowest BCUT2D eigenvalue weighted by molar-refractivity contribution is 0.211. The van der Waals surface area contributed by atoms with Crippen LogP contribution in [-0.4, -0.2) is 44.9 Å². The lowest BCUT2D eigenvalue weighted by Crippen LogP contribution is -2.33. The molecule has 5 heterocycles. The average Bonchev–Trinajstić information content (AvgIpc) is 3.07. The first-order valence-corrected chi connectivity index (χ1v) is 10.0. The lowest BCUT2D eigenvalue weighted by atomic mass is 10.1. The molecule has 0 aromatic carbocycles. The molecule has 0 spiro atoms. The molecular weight excluding hydrogens is 387 g/mol. The number of nitrogens with zero attached hydrogens (tertiary/aromatic N) is 5. The Balaban J connectivity index is 1.71. The van der Waals surface area contributed by atoms with Gasteiger partial charge in [0, 0.05) is 23.7 Å². The Morgan fingerprint density at radius 2 is 2.17 bits per heavy atom. The monoisotopic (exact) mass is 410 g/mol. The number of ether oxygens (including phenoxy) is 2. The third kappa shape index (κ3) is 3.20. The van der Waals surface area contributed by atoms with Crippen molar-refractivity contribution in [3.8, 4) is 11.6 Å². The molecular formula is C21H23FN6O2. The SMILES string of the molecule is C=C1NC[C@H](C)Oc2ncc(F)cc2CN2c3nc4c1cnn4cc3OCC[C@H]2C. The number of halogens is 1. The third-order valence-electron chi connectivity index (χ3n) is 5.51. The highest BCUT2D eigenvalue weighted by molar-refractivity contribution is 5.75. The van der Waals surface area contributed by atoms with Crippen LogP contribution in [0.25, 0.3) is 11.3 Å². The summed E-state index contributed by atoms with van der Waals surface area (Å²) in [6.45, 7) is 9.64. The molecule has 0 aliphatic carbocycles. The zero-order chi connectivity index (χ0) is 20.8. The molecule has 0 saturated heterocycles. The van der Waals surface area contributed by atoms with Gasteiger partial charge in [-0.25, -0.2) is 18.9 Å². The van der Waals surface area contributed by atoms with Gasteiger partial charge in [-0.1, -0.05) is 6.58 Å². The quantitative estimate of drug-likeness (QED) is 0.611. The highest BCUT2D eigenvalue weighted by Crippen LogP contribution is 2.35. The van der Waals surface area contributed by atoms with E-state index in [-0.39, 0.29) is 12.1 Å². The van der Waals surface area contributed by atoms with Crippen LogP contribution in [0.3, 0.4) is 0 Å². The van der Waals surface area contributed by atoms with E-state index < -0.39 is 5.82 Å². The van der Waals surface area contributed by atoms with Crippen LogP contribution in [0.15, 0.2) is 31.2 Å². The summed E-state index contributed by atoms with van der Waals surface area (Å²) in [5, 5.41) is 7.70. The summed E-state index contributed by atoms with van der Waals surface area (Å²) in [6.07, 6.45) is 5.35. The number of anilines is 1. The molecule has 3 aromatic rings. The number of hydrogen-bond acceptors (Lipinski definition) is 7. The Hall–Kier alpha value is -3.36. The first-order valence-electron chi connectivity index (χ1n) is 10.0. The maximum absolute atomic E-state index is 14.1. The lowest BCUT2D eigenvalue weighted by Gasteiger charge is -2.29. The molecule has 0 radical (unpaired) electrons. The average molecular weight is 410 g/mol. The summed E-state index contributed by atoms with van der Waals surface area (Å²) < 4.78 is 27.8. The topological polar surface area (TPSA) is 76.8 Å². The number of nitrogens with one attached hydrogen (secondary N) is 1. The van der Waals surface area contributed by atoms with Gasteiger partial charge in [0.15, 0.2) is 17.2 Å². The van der Waals surface area contributed by atoms with E-state index in [0.717, 1.165) is 12.0 Å². The Bertz CT molecular complexity index is 1130. The van der Waals surface area contributed by atoms with Crippen LogP contribution in [0.1, 0.15) is 31.4 Å². The normalized spacial score (nSPS) is 21.4. The van der Waals surface area contributed by atoms with Gasteiger partial charge in [0.05, 0.1) is 43.9 Å². The number of fused-ring (bicyclic) bond motifs is 1. The van der Waals surface area contributed by atoms with Crippen LogP contribution in [0, 0.1) is 5.82 Å². The fourth-order valence-corrected chi connectivity index (χ4v) is 3.81. The van der Waals surface area contributed by atoms with E-state index in [9.17, 15) is 4.39 Å². The molecule has 3 aromatic heterocycles. The molecule has 0 amide bonds. The van der Waals surface area contributed by atoms with E-state index in [2.05, 4.69) is 33.8 Å². The molecule has 0 fully saturated rings. The van der Waals surface area contributed by atoms with E-state index in [4.69, 9.17) is 14.5 Å². The molecule has 0 saturated carbocycles. The molecule has 2 aliphatic rings. The minimum absolute atomic E-state index is 0.118. The van der Waals surface area contributed by atoms with Gasteiger partial charge < -0.3 is 19.7 Å². The van der Waals surface area contributed by atoms with Gasteiger partial charge in [-0.2, -0.15) is 5.10 Å². The first kappa shape index (κ1) is 18.7. The van der Waals surface area contributed by atoms with Crippen molar-refractivity contribution < 1.29 is 13.9 Å². The van der Waals surface area contributed by atoms with Crippen molar-refractivity contribution in [2.45, 2.75) is 39.0 Å². The van der Waals surface area contributed by atoms with Gasteiger partial charge in [-0.3, -0.25) is 0 Å². The molecule has 8 nitrogen and oxygen atoms in total. The molecule has 156 valence electrons. The Morgan fingerprint density at radius 3 is 3.03 bits per heavy atom. The number of rotatable bonds is 0. The van der Waals surface area contributed by atoms with E-state index in [1.54, 1.807) is 10.7 Å². The van der Waals surface area contributed by atoms with Crippen molar-refractivity contribution >= 4 is 17.2 Å². The molecule has 2 aliphatic heterocycles. The van der Waals surface area contributed by atoms with Crippen LogP contribution in [0.4, 0.5) is 10.2 Å². The molecule has 2 bridgehead atoms. The van der Waals surface area contributed by atoms with Gasteiger partial charge in [0.25, 0.3) is 0 Å². The third-order valence-corrected chi connectivity index (χ3v) is 5.51. The Labute approximate surface area is 173 Å². The van der Waals surface area contributed by atoms with Crippen LogP contribution < -0.4 is 19.7 Å². The molecule has 30 heavy (non-hydrogen) atoms. The molecule has 5 rings (SSSR count). The van der Waals surface area contributed by atoms with Gasteiger partial charge in [-0.15, -0.1) is 0 Å². The second kappa shape index (κ2) is 7.16. The molecule has 9 heteroatoms. The zero-order valence-electron chi connectivity index (χ0n) is 16.9. The van der Waals surface area contributed by atoms with Crippen molar-refractivity contribution in [2.75, 3.05) is 18.1 Å². The fourth-order valence-electron chi connectivity index (χ4n) is 3.81. The summed E-state index contributed by atoms with van der Waals surface area (Å²) in [6, 6.07) is 1.59. The first-order chi connectivity index (χ1) is 14.5. The molecule has 1 N–H and O–H groups in total. The highest BCUT2D eigenvalue weighted by atomic mass is 19.1. The second-order valence-electron chi connectivity index (χ2n) is 7.77. The minimum Gasteiger partial charge on any atom is -0.488 e. The maximum atomic E-state index is 14.1. The van der Waals surface area contributed by atoms with Crippen LogP contribution in [0.2, 0.25) is 0 Å².